The molecule has 2 aromatic carbocycles. The van der Waals surface area contributed by atoms with E-state index in [1.807, 2.05) is 44.2 Å². The minimum Gasteiger partial charge on any atom is -0.497 e. The first kappa shape index (κ1) is 21.1. The SMILES string of the molecule is COc1ccc(NC(=O)C(SCC(O)c2ccccc2)C(C)C)c(OC)c1. The van der Waals surface area contributed by atoms with E-state index in [1.54, 1.807) is 32.4 Å². The number of aliphatic hydroxyl groups is 1. The van der Waals surface area contributed by atoms with Crippen molar-refractivity contribution in [1.29, 1.82) is 0 Å². The van der Waals surface area contributed by atoms with E-state index in [9.17, 15) is 9.90 Å². The van der Waals surface area contributed by atoms with Crippen LogP contribution in [0.25, 0.3) is 0 Å². The number of methoxy groups -OCH3 is 2. The van der Waals surface area contributed by atoms with Crippen molar-refractivity contribution >= 4 is 23.4 Å². The predicted molar refractivity (Wildman–Crippen MR) is 111 cm³/mol. The quantitative estimate of drug-likeness (QED) is 0.675. The molecule has 0 spiro atoms. The molecule has 0 aromatic heterocycles. The van der Waals surface area contributed by atoms with Crippen LogP contribution in [0.4, 0.5) is 5.69 Å². The lowest BCUT2D eigenvalue weighted by atomic mass is 10.1. The van der Waals surface area contributed by atoms with E-state index >= 15 is 0 Å². The monoisotopic (exact) mass is 389 g/mol. The molecule has 27 heavy (non-hydrogen) atoms. The molecule has 0 saturated heterocycles. The minimum absolute atomic E-state index is 0.112. The lowest BCUT2D eigenvalue weighted by Gasteiger charge is -2.22. The van der Waals surface area contributed by atoms with Crippen LogP contribution in [-0.2, 0) is 4.79 Å². The number of thioether (sulfide) groups is 1. The van der Waals surface area contributed by atoms with Gasteiger partial charge in [0, 0.05) is 11.8 Å². The Labute approximate surface area is 165 Å². The second-order valence-corrected chi connectivity index (χ2v) is 7.65. The van der Waals surface area contributed by atoms with Crippen LogP contribution in [0.3, 0.4) is 0 Å². The molecule has 0 heterocycles. The van der Waals surface area contributed by atoms with Crippen LogP contribution in [0, 0.1) is 5.92 Å². The molecule has 6 heteroatoms. The second-order valence-electron chi connectivity index (χ2n) is 6.48. The highest BCUT2D eigenvalue weighted by atomic mass is 32.2. The number of anilines is 1. The van der Waals surface area contributed by atoms with Gasteiger partial charge in [0.15, 0.2) is 0 Å². The zero-order valence-corrected chi connectivity index (χ0v) is 17.0. The van der Waals surface area contributed by atoms with Crippen molar-refractivity contribution < 1.29 is 19.4 Å². The van der Waals surface area contributed by atoms with Crippen molar-refractivity contribution in [2.45, 2.75) is 25.2 Å². The highest BCUT2D eigenvalue weighted by Crippen LogP contribution is 2.31. The van der Waals surface area contributed by atoms with E-state index in [2.05, 4.69) is 5.32 Å². The van der Waals surface area contributed by atoms with Crippen LogP contribution in [0.1, 0.15) is 25.5 Å². The van der Waals surface area contributed by atoms with Gasteiger partial charge in [0.05, 0.1) is 31.3 Å². The maximum Gasteiger partial charge on any atom is 0.237 e. The van der Waals surface area contributed by atoms with Crippen LogP contribution in [0.5, 0.6) is 11.5 Å². The number of ether oxygens (including phenoxy) is 2. The standard InChI is InChI=1S/C21H27NO4S/c1-14(2)20(27-13-18(23)15-8-6-5-7-9-15)21(24)22-17-11-10-16(25-3)12-19(17)26-4/h5-12,14,18,20,23H,13H2,1-4H3,(H,22,24). The average molecular weight is 390 g/mol. The Hall–Kier alpha value is -2.18. The highest BCUT2D eigenvalue weighted by Gasteiger charge is 2.25. The van der Waals surface area contributed by atoms with Crippen LogP contribution in [0.15, 0.2) is 48.5 Å². The van der Waals surface area contributed by atoms with E-state index in [0.29, 0.717) is 22.9 Å². The molecule has 0 aliphatic rings. The fourth-order valence-corrected chi connectivity index (χ4v) is 3.82. The largest absolute Gasteiger partial charge is 0.497 e. The first-order chi connectivity index (χ1) is 13.0. The molecule has 0 radical (unpaired) electrons. The van der Waals surface area contributed by atoms with Crippen molar-refractivity contribution in [1.82, 2.24) is 0 Å². The Morgan fingerprint density at radius 3 is 2.41 bits per heavy atom. The summed E-state index contributed by atoms with van der Waals surface area (Å²) in [6.07, 6.45) is -0.610. The number of rotatable bonds is 9. The zero-order chi connectivity index (χ0) is 19.8. The molecule has 0 aliphatic heterocycles. The van der Waals surface area contributed by atoms with Gasteiger partial charge in [-0.1, -0.05) is 44.2 Å². The van der Waals surface area contributed by atoms with Gasteiger partial charge in [-0.2, -0.15) is 0 Å². The third-order valence-corrected chi connectivity index (χ3v) is 5.77. The van der Waals surface area contributed by atoms with Crippen LogP contribution in [-0.4, -0.2) is 36.2 Å². The van der Waals surface area contributed by atoms with Gasteiger partial charge in [-0.25, -0.2) is 0 Å². The Bertz CT molecular complexity index is 736. The molecule has 2 aromatic rings. The van der Waals surface area contributed by atoms with Crippen LogP contribution >= 0.6 is 11.8 Å². The van der Waals surface area contributed by atoms with E-state index in [-0.39, 0.29) is 17.1 Å². The third kappa shape index (κ3) is 5.91. The fourth-order valence-electron chi connectivity index (χ4n) is 2.64. The fraction of sp³-hybridized carbons (Fsp3) is 0.381. The van der Waals surface area contributed by atoms with E-state index in [1.165, 1.54) is 11.8 Å². The number of amides is 1. The number of aliphatic hydroxyl groups excluding tert-OH is 1. The summed E-state index contributed by atoms with van der Waals surface area (Å²) in [5.41, 5.74) is 1.45. The number of carbonyl (C=O) groups excluding carboxylic acids is 1. The Morgan fingerprint density at radius 1 is 1.11 bits per heavy atom. The molecule has 5 nitrogen and oxygen atoms in total. The summed E-state index contributed by atoms with van der Waals surface area (Å²) >= 11 is 1.45. The van der Waals surface area contributed by atoms with E-state index < -0.39 is 6.10 Å². The number of hydrogen-bond acceptors (Lipinski definition) is 5. The summed E-state index contributed by atoms with van der Waals surface area (Å²) in [7, 11) is 3.13. The average Bonchev–Trinajstić information content (AvgIpc) is 2.68. The molecule has 2 rings (SSSR count). The lowest BCUT2D eigenvalue weighted by molar-refractivity contribution is -0.116. The third-order valence-electron chi connectivity index (χ3n) is 4.15. The van der Waals surface area contributed by atoms with Crippen molar-refractivity contribution in [3.8, 4) is 11.5 Å². The summed E-state index contributed by atoms with van der Waals surface area (Å²) in [6.45, 7) is 3.99. The molecule has 0 aliphatic carbocycles. The molecule has 1 amide bonds. The molecule has 2 unspecified atom stereocenters. The summed E-state index contributed by atoms with van der Waals surface area (Å²) in [4.78, 5) is 12.8. The van der Waals surface area contributed by atoms with Gasteiger partial charge in [0.25, 0.3) is 0 Å². The summed E-state index contributed by atoms with van der Waals surface area (Å²) in [5.74, 6) is 1.64. The molecular weight excluding hydrogens is 362 g/mol. The summed E-state index contributed by atoms with van der Waals surface area (Å²) < 4.78 is 10.5. The highest BCUT2D eigenvalue weighted by molar-refractivity contribution is 8.00. The van der Waals surface area contributed by atoms with Gasteiger partial charge >= 0.3 is 0 Å². The maximum absolute atomic E-state index is 12.8. The number of carbonyl (C=O) groups is 1. The first-order valence-electron chi connectivity index (χ1n) is 8.83. The molecule has 2 N–H and O–H groups in total. The first-order valence-corrected chi connectivity index (χ1v) is 9.88. The Balaban J connectivity index is 2.04. The molecule has 0 saturated carbocycles. The lowest BCUT2D eigenvalue weighted by Crippen LogP contribution is -2.30. The zero-order valence-electron chi connectivity index (χ0n) is 16.1. The number of hydrogen-bond donors (Lipinski definition) is 2. The van der Waals surface area contributed by atoms with E-state index in [4.69, 9.17) is 9.47 Å². The summed E-state index contributed by atoms with van der Waals surface area (Å²) in [5, 5.41) is 13.0. The Morgan fingerprint density at radius 2 is 1.81 bits per heavy atom. The second kappa shape index (κ2) is 10.2. The van der Waals surface area contributed by atoms with E-state index in [0.717, 1.165) is 5.56 Å². The Kier molecular flexibility index (Phi) is 8.00. The number of benzene rings is 2. The normalized spacial score (nSPS) is 13.1. The van der Waals surface area contributed by atoms with Crippen LogP contribution < -0.4 is 14.8 Å². The van der Waals surface area contributed by atoms with Crippen molar-refractivity contribution in [3.05, 3.63) is 54.1 Å². The van der Waals surface area contributed by atoms with Crippen LogP contribution in [0.2, 0.25) is 0 Å². The van der Waals surface area contributed by atoms with Crippen molar-refractivity contribution in [2.24, 2.45) is 5.92 Å². The smallest absolute Gasteiger partial charge is 0.237 e. The van der Waals surface area contributed by atoms with Gasteiger partial charge in [-0.3, -0.25) is 4.79 Å². The predicted octanol–water partition coefficient (Wildman–Crippen LogP) is 4.13. The summed E-state index contributed by atoms with van der Waals surface area (Å²) in [6, 6.07) is 14.7. The topological polar surface area (TPSA) is 67.8 Å². The minimum atomic E-state index is -0.610. The van der Waals surface area contributed by atoms with Gasteiger partial charge in [0.2, 0.25) is 5.91 Å². The molecule has 0 bridgehead atoms. The van der Waals surface area contributed by atoms with Crippen molar-refractivity contribution in [2.75, 3.05) is 25.3 Å². The van der Waals surface area contributed by atoms with Gasteiger partial charge in [-0.05, 0) is 23.6 Å². The molecule has 2 atom stereocenters. The van der Waals surface area contributed by atoms with Crippen molar-refractivity contribution in [3.63, 3.8) is 0 Å². The molecule has 146 valence electrons. The number of nitrogens with one attached hydrogen (secondary N) is 1. The molecular formula is C21H27NO4S. The van der Waals surface area contributed by atoms with Gasteiger partial charge in [0.1, 0.15) is 11.5 Å². The maximum atomic E-state index is 12.8. The van der Waals surface area contributed by atoms with Gasteiger partial charge < -0.3 is 19.9 Å². The molecule has 0 fully saturated rings. The van der Waals surface area contributed by atoms with Gasteiger partial charge in [-0.15, -0.1) is 11.8 Å².